The first-order chi connectivity index (χ1) is 14.7. The van der Waals surface area contributed by atoms with E-state index < -0.39 is 15.8 Å². The summed E-state index contributed by atoms with van der Waals surface area (Å²) in [6.45, 7) is 1.53. The first kappa shape index (κ1) is 22.0. The van der Waals surface area contributed by atoms with E-state index in [2.05, 4.69) is 4.72 Å². The van der Waals surface area contributed by atoms with Gasteiger partial charge >= 0.3 is 5.69 Å². The summed E-state index contributed by atoms with van der Waals surface area (Å²) in [6, 6.07) is 7.35. The molecule has 0 radical (unpaired) electrons. The number of nitrogens with one attached hydrogen (secondary N) is 1. The van der Waals surface area contributed by atoms with Gasteiger partial charge in [-0.15, -0.1) is 11.8 Å². The molecule has 1 aliphatic carbocycles. The molecule has 0 spiro atoms. The first-order valence-electron chi connectivity index (χ1n) is 10.3. The van der Waals surface area contributed by atoms with Crippen molar-refractivity contribution >= 4 is 38.5 Å². The highest BCUT2D eigenvalue weighted by Crippen LogP contribution is 2.39. The molecule has 0 amide bonds. The number of rotatable bonds is 5. The Kier molecular flexibility index (Phi) is 5.91. The molecule has 1 N–H and O–H groups in total. The Labute approximate surface area is 185 Å². The zero-order valence-corrected chi connectivity index (χ0v) is 19.4. The van der Waals surface area contributed by atoms with E-state index in [9.17, 15) is 17.6 Å². The molecule has 0 aliphatic heterocycles. The van der Waals surface area contributed by atoms with Gasteiger partial charge in [0.2, 0.25) is 0 Å². The van der Waals surface area contributed by atoms with Gasteiger partial charge in [-0.25, -0.2) is 17.6 Å². The highest BCUT2D eigenvalue weighted by molar-refractivity contribution is 8.00. The van der Waals surface area contributed by atoms with Crippen molar-refractivity contribution in [2.24, 2.45) is 14.1 Å². The number of benzene rings is 2. The maximum atomic E-state index is 13.6. The number of fused-ring (bicyclic) bond motifs is 1. The van der Waals surface area contributed by atoms with Crippen LogP contribution < -0.4 is 10.4 Å². The van der Waals surface area contributed by atoms with Crippen LogP contribution >= 0.6 is 11.8 Å². The fraction of sp³-hybridized carbons (Fsp3) is 0.409. The number of aryl methyl sites for hydroxylation is 3. The fourth-order valence-corrected chi connectivity index (χ4v) is 6.62. The zero-order valence-electron chi connectivity index (χ0n) is 17.8. The average molecular weight is 464 g/mol. The van der Waals surface area contributed by atoms with Crippen LogP contribution in [0.3, 0.4) is 0 Å². The van der Waals surface area contributed by atoms with E-state index in [1.807, 2.05) is 6.07 Å². The third-order valence-electron chi connectivity index (χ3n) is 5.90. The van der Waals surface area contributed by atoms with Crippen LogP contribution in [0.15, 0.2) is 44.9 Å². The molecule has 31 heavy (non-hydrogen) atoms. The van der Waals surface area contributed by atoms with Crippen molar-refractivity contribution in [3.05, 3.63) is 52.2 Å². The smallest absolute Gasteiger partial charge is 0.295 e. The molecule has 1 saturated carbocycles. The maximum Gasteiger partial charge on any atom is 0.328 e. The zero-order chi connectivity index (χ0) is 22.3. The minimum atomic E-state index is -3.92. The maximum absolute atomic E-state index is 13.6. The Morgan fingerprint density at radius 1 is 1.03 bits per heavy atom. The molecule has 3 aromatic rings. The van der Waals surface area contributed by atoms with E-state index in [0.717, 1.165) is 29.3 Å². The highest BCUT2D eigenvalue weighted by atomic mass is 32.2. The minimum absolute atomic E-state index is 0.00191. The van der Waals surface area contributed by atoms with Crippen molar-refractivity contribution in [3.63, 3.8) is 0 Å². The number of aromatic nitrogens is 2. The van der Waals surface area contributed by atoms with Crippen molar-refractivity contribution in [3.8, 4) is 0 Å². The van der Waals surface area contributed by atoms with Crippen molar-refractivity contribution < 1.29 is 12.8 Å². The molecule has 0 bridgehead atoms. The lowest BCUT2D eigenvalue weighted by atomic mass is 10.0. The fourth-order valence-electron chi connectivity index (χ4n) is 4.05. The van der Waals surface area contributed by atoms with E-state index >= 15 is 0 Å². The van der Waals surface area contributed by atoms with Gasteiger partial charge in [0.05, 0.1) is 21.6 Å². The van der Waals surface area contributed by atoms with Crippen LogP contribution in [-0.4, -0.2) is 22.8 Å². The molecular weight excluding hydrogens is 437 g/mol. The van der Waals surface area contributed by atoms with Gasteiger partial charge in [0.15, 0.2) is 0 Å². The molecule has 166 valence electrons. The van der Waals surface area contributed by atoms with Gasteiger partial charge < -0.3 is 0 Å². The first-order valence-corrected chi connectivity index (χ1v) is 12.7. The van der Waals surface area contributed by atoms with E-state index in [4.69, 9.17) is 0 Å². The van der Waals surface area contributed by atoms with Crippen molar-refractivity contribution in [1.82, 2.24) is 9.13 Å². The predicted octanol–water partition coefficient (Wildman–Crippen LogP) is 4.55. The molecule has 4 rings (SSSR count). The third-order valence-corrected chi connectivity index (χ3v) is 8.66. The minimum Gasteiger partial charge on any atom is -0.295 e. The Balaban J connectivity index is 1.80. The molecule has 1 heterocycles. The number of hydrogen-bond acceptors (Lipinski definition) is 4. The predicted molar refractivity (Wildman–Crippen MR) is 123 cm³/mol. The van der Waals surface area contributed by atoms with E-state index in [-0.39, 0.29) is 16.1 Å². The summed E-state index contributed by atoms with van der Waals surface area (Å²) in [7, 11) is -0.545. The van der Waals surface area contributed by atoms with Crippen LogP contribution in [0.25, 0.3) is 11.0 Å². The number of sulfonamides is 1. The molecule has 2 aromatic carbocycles. The van der Waals surface area contributed by atoms with Gasteiger partial charge in [-0.2, -0.15) is 0 Å². The normalized spacial score (nSPS) is 15.5. The number of imidazole rings is 1. The van der Waals surface area contributed by atoms with Gasteiger partial charge in [-0.1, -0.05) is 19.3 Å². The third kappa shape index (κ3) is 4.25. The molecule has 1 aliphatic rings. The second-order valence-corrected chi connectivity index (χ2v) is 11.2. The number of thioether (sulfide) groups is 1. The van der Waals surface area contributed by atoms with Crippen LogP contribution in [0.5, 0.6) is 0 Å². The Hall–Kier alpha value is -2.26. The standard InChI is InChI=1S/C22H26FN3O3S2/c1-14-11-16(9-10-17(14)23)31(28,29)24-18-12-19-20(26(3)22(27)25(19)2)13-21(18)30-15-7-5-4-6-8-15/h9-13,15,24H,4-8H2,1-3H3. The van der Waals surface area contributed by atoms with Crippen LogP contribution in [-0.2, 0) is 24.1 Å². The van der Waals surface area contributed by atoms with Crippen molar-refractivity contribution in [1.29, 1.82) is 0 Å². The van der Waals surface area contributed by atoms with Crippen LogP contribution in [0.4, 0.5) is 10.1 Å². The van der Waals surface area contributed by atoms with Gasteiger partial charge in [0, 0.05) is 24.2 Å². The molecule has 0 atom stereocenters. The lowest BCUT2D eigenvalue weighted by molar-refractivity contribution is 0.516. The molecule has 1 fully saturated rings. The molecule has 0 unspecified atom stereocenters. The number of halogens is 1. The Morgan fingerprint density at radius 2 is 1.68 bits per heavy atom. The molecule has 1 aromatic heterocycles. The number of hydrogen-bond donors (Lipinski definition) is 1. The van der Waals surface area contributed by atoms with Crippen molar-refractivity contribution in [2.75, 3.05) is 4.72 Å². The monoisotopic (exact) mass is 463 g/mol. The van der Waals surface area contributed by atoms with Crippen molar-refractivity contribution in [2.45, 2.75) is 54.1 Å². The summed E-state index contributed by atoms with van der Waals surface area (Å²) >= 11 is 1.66. The second kappa shape index (κ2) is 8.35. The van der Waals surface area contributed by atoms with Crippen LogP contribution in [0.2, 0.25) is 0 Å². The summed E-state index contributed by atoms with van der Waals surface area (Å²) < 4.78 is 45.6. The number of nitrogens with zero attached hydrogens (tertiary/aromatic N) is 2. The molecule has 6 nitrogen and oxygen atoms in total. The largest absolute Gasteiger partial charge is 0.328 e. The van der Waals surface area contributed by atoms with E-state index in [0.29, 0.717) is 16.5 Å². The van der Waals surface area contributed by atoms with Gasteiger partial charge in [0.1, 0.15) is 5.82 Å². The number of anilines is 1. The average Bonchev–Trinajstić information content (AvgIpc) is 2.94. The van der Waals surface area contributed by atoms with E-state index in [1.165, 1.54) is 42.9 Å². The summed E-state index contributed by atoms with van der Waals surface area (Å²) in [5.74, 6) is -0.451. The highest BCUT2D eigenvalue weighted by Gasteiger charge is 2.22. The summed E-state index contributed by atoms with van der Waals surface area (Å²) in [6.07, 6.45) is 5.73. The van der Waals surface area contributed by atoms with Crippen LogP contribution in [0, 0.1) is 12.7 Å². The van der Waals surface area contributed by atoms with Crippen LogP contribution in [0.1, 0.15) is 37.7 Å². The SMILES string of the molecule is Cc1cc(S(=O)(=O)Nc2cc3c(cc2SC2CCCCC2)n(C)c(=O)n3C)ccc1F. The second-order valence-electron chi connectivity index (χ2n) is 8.13. The summed E-state index contributed by atoms with van der Waals surface area (Å²) in [4.78, 5) is 13.2. The molecule has 9 heteroatoms. The van der Waals surface area contributed by atoms with E-state index in [1.54, 1.807) is 36.5 Å². The van der Waals surface area contributed by atoms with Gasteiger partial charge in [-0.3, -0.25) is 13.9 Å². The quantitative estimate of drug-likeness (QED) is 0.603. The molecular formula is C22H26FN3O3S2. The van der Waals surface area contributed by atoms with Gasteiger partial charge in [0.25, 0.3) is 10.0 Å². The Bertz CT molecular complexity index is 1310. The molecule has 0 saturated heterocycles. The Morgan fingerprint density at radius 3 is 2.32 bits per heavy atom. The lowest BCUT2D eigenvalue weighted by Gasteiger charge is -2.22. The topological polar surface area (TPSA) is 73.1 Å². The summed E-state index contributed by atoms with van der Waals surface area (Å²) in [5, 5.41) is 0.406. The lowest BCUT2D eigenvalue weighted by Crippen LogP contribution is -2.19. The van der Waals surface area contributed by atoms with Gasteiger partial charge in [-0.05, 0) is 55.7 Å². The summed E-state index contributed by atoms with van der Waals surface area (Å²) in [5.41, 5.74) is 1.93.